The fourth-order valence-corrected chi connectivity index (χ4v) is 1.84. The number of aliphatic hydroxyl groups excluding tert-OH is 1. The number of ether oxygens (including phenoxy) is 1. The molecule has 0 heterocycles. The summed E-state index contributed by atoms with van der Waals surface area (Å²) >= 11 is 0. The van der Waals surface area contributed by atoms with Gasteiger partial charge in [0.25, 0.3) is 5.91 Å². The lowest BCUT2D eigenvalue weighted by molar-refractivity contribution is -0.120. The minimum Gasteiger partial charge on any atom is -0.493 e. The summed E-state index contributed by atoms with van der Waals surface area (Å²) in [6.45, 7) is 4.40. The molecule has 1 aromatic rings. The Balaban J connectivity index is 3.05. The summed E-state index contributed by atoms with van der Waals surface area (Å²) in [4.78, 5) is 23.2. The van der Waals surface area contributed by atoms with Crippen LogP contribution in [0.5, 0.6) is 5.75 Å². The number of nitrogens with two attached hydrogens (primary N) is 2. The first kappa shape index (κ1) is 17.8. The average molecular weight is 309 g/mol. The maximum atomic E-state index is 11.7. The van der Waals surface area contributed by atoms with Gasteiger partial charge in [-0.2, -0.15) is 0 Å². The smallest absolute Gasteiger partial charge is 0.250 e. The SMILES string of the molecule is CCNC(=O)Cc1cc(OCC(C)CO)cc(C(N)=O)c1N. The molecule has 0 spiro atoms. The van der Waals surface area contributed by atoms with E-state index < -0.39 is 5.91 Å². The molecule has 1 unspecified atom stereocenters. The van der Waals surface area contributed by atoms with E-state index in [2.05, 4.69) is 5.32 Å². The topological polar surface area (TPSA) is 128 Å². The second-order valence-corrected chi connectivity index (χ2v) is 5.14. The van der Waals surface area contributed by atoms with E-state index in [9.17, 15) is 9.59 Å². The highest BCUT2D eigenvalue weighted by Crippen LogP contribution is 2.25. The second-order valence-electron chi connectivity index (χ2n) is 5.14. The van der Waals surface area contributed by atoms with Gasteiger partial charge in [-0.15, -0.1) is 0 Å². The van der Waals surface area contributed by atoms with Gasteiger partial charge in [0.2, 0.25) is 5.91 Å². The van der Waals surface area contributed by atoms with Crippen molar-refractivity contribution in [3.63, 3.8) is 0 Å². The van der Waals surface area contributed by atoms with Crippen LogP contribution in [0.25, 0.3) is 0 Å². The van der Waals surface area contributed by atoms with Crippen LogP contribution in [0.3, 0.4) is 0 Å². The molecule has 0 aliphatic rings. The zero-order chi connectivity index (χ0) is 16.7. The van der Waals surface area contributed by atoms with E-state index in [1.54, 1.807) is 6.07 Å². The monoisotopic (exact) mass is 309 g/mol. The van der Waals surface area contributed by atoms with Crippen molar-refractivity contribution < 1.29 is 19.4 Å². The van der Waals surface area contributed by atoms with Crippen molar-refractivity contribution in [3.05, 3.63) is 23.3 Å². The second kappa shape index (κ2) is 8.23. The Morgan fingerprint density at radius 2 is 2.09 bits per heavy atom. The highest BCUT2D eigenvalue weighted by atomic mass is 16.5. The number of nitrogen functional groups attached to an aromatic ring is 1. The van der Waals surface area contributed by atoms with E-state index >= 15 is 0 Å². The molecular weight excluding hydrogens is 286 g/mol. The molecule has 1 aromatic carbocycles. The Bertz CT molecular complexity index is 546. The van der Waals surface area contributed by atoms with Crippen LogP contribution in [0.15, 0.2) is 12.1 Å². The minimum atomic E-state index is -0.685. The number of aliphatic hydroxyl groups is 1. The third kappa shape index (κ3) is 4.92. The number of rotatable bonds is 8. The van der Waals surface area contributed by atoms with Crippen molar-refractivity contribution in [3.8, 4) is 5.75 Å². The third-order valence-electron chi connectivity index (χ3n) is 3.08. The van der Waals surface area contributed by atoms with Crippen molar-refractivity contribution >= 4 is 17.5 Å². The summed E-state index contributed by atoms with van der Waals surface area (Å²) in [7, 11) is 0. The van der Waals surface area contributed by atoms with Crippen LogP contribution in [0.2, 0.25) is 0 Å². The van der Waals surface area contributed by atoms with Crippen LogP contribution >= 0.6 is 0 Å². The van der Waals surface area contributed by atoms with Gasteiger partial charge in [-0.05, 0) is 24.6 Å². The van der Waals surface area contributed by atoms with E-state index in [0.29, 0.717) is 17.9 Å². The molecule has 1 rings (SSSR count). The molecule has 22 heavy (non-hydrogen) atoms. The van der Waals surface area contributed by atoms with Crippen LogP contribution in [0.1, 0.15) is 29.8 Å². The number of hydrogen-bond donors (Lipinski definition) is 4. The van der Waals surface area contributed by atoms with Gasteiger partial charge in [0.15, 0.2) is 0 Å². The van der Waals surface area contributed by atoms with Crippen molar-refractivity contribution in [1.82, 2.24) is 5.32 Å². The molecule has 7 heteroatoms. The number of carbonyl (C=O) groups is 2. The highest BCUT2D eigenvalue weighted by molar-refractivity contribution is 5.99. The van der Waals surface area contributed by atoms with Gasteiger partial charge in [-0.1, -0.05) is 6.92 Å². The summed E-state index contributed by atoms with van der Waals surface area (Å²) in [5.41, 5.74) is 12.0. The van der Waals surface area contributed by atoms with Crippen molar-refractivity contribution in [2.45, 2.75) is 20.3 Å². The van der Waals surface area contributed by atoms with Gasteiger partial charge in [0.1, 0.15) is 5.75 Å². The minimum absolute atomic E-state index is 0.0105. The van der Waals surface area contributed by atoms with E-state index in [4.69, 9.17) is 21.3 Å². The number of nitrogens with one attached hydrogen (secondary N) is 1. The largest absolute Gasteiger partial charge is 0.493 e. The van der Waals surface area contributed by atoms with Crippen molar-refractivity contribution in [1.29, 1.82) is 0 Å². The first-order valence-corrected chi connectivity index (χ1v) is 7.11. The molecule has 0 fully saturated rings. The number of amides is 2. The molecular formula is C15H23N3O4. The predicted molar refractivity (Wildman–Crippen MR) is 83.5 cm³/mol. The molecule has 1 atom stereocenters. The average Bonchev–Trinajstić information content (AvgIpc) is 2.47. The summed E-state index contributed by atoms with van der Waals surface area (Å²) < 4.78 is 5.53. The Hall–Kier alpha value is -2.28. The van der Waals surface area contributed by atoms with Gasteiger partial charge in [-0.25, -0.2) is 0 Å². The van der Waals surface area contributed by atoms with Gasteiger partial charge in [0, 0.05) is 24.8 Å². The summed E-state index contributed by atoms with van der Waals surface area (Å²) in [5, 5.41) is 11.7. The van der Waals surface area contributed by atoms with E-state index in [1.807, 2.05) is 13.8 Å². The first-order chi connectivity index (χ1) is 10.4. The molecule has 0 aliphatic heterocycles. The molecule has 2 amide bonds. The van der Waals surface area contributed by atoms with E-state index in [-0.39, 0.29) is 42.7 Å². The van der Waals surface area contributed by atoms with Crippen LogP contribution in [-0.2, 0) is 11.2 Å². The first-order valence-electron chi connectivity index (χ1n) is 7.11. The molecule has 0 aliphatic carbocycles. The molecule has 0 saturated heterocycles. The number of likely N-dealkylation sites (N-methyl/N-ethyl adjacent to an activating group) is 1. The third-order valence-corrected chi connectivity index (χ3v) is 3.08. The maximum absolute atomic E-state index is 11.7. The number of benzene rings is 1. The van der Waals surface area contributed by atoms with Crippen molar-refractivity contribution in [2.24, 2.45) is 11.7 Å². The Kier molecular flexibility index (Phi) is 6.65. The zero-order valence-electron chi connectivity index (χ0n) is 12.9. The lowest BCUT2D eigenvalue weighted by atomic mass is 10.0. The van der Waals surface area contributed by atoms with Crippen LogP contribution in [-0.4, -0.2) is 36.7 Å². The fraction of sp³-hybridized carbons (Fsp3) is 0.467. The standard InChI is InChI=1S/C15H23N3O4/c1-3-18-13(20)5-10-4-11(22-8-9(2)7-19)6-12(14(10)16)15(17)21/h4,6,9,19H,3,5,7-8,16H2,1-2H3,(H2,17,21)(H,18,20). The molecule has 122 valence electrons. The Morgan fingerprint density at radius 3 is 2.64 bits per heavy atom. The molecule has 6 N–H and O–H groups in total. The van der Waals surface area contributed by atoms with E-state index in [0.717, 1.165) is 0 Å². The molecule has 0 aromatic heterocycles. The summed E-state index contributed by atoms with van der Waals surface area (Å²) in [6.07, 6.45) is 0.0344. The van der Waals surface area contributed by atoms with Gasteiger partial charge in [-0.3, -0.25) is 9.59 Å². The van der Waals surface area contributed by atoms with Gasteiger partial charge in [0.05, 0.1) is 18.6 Å². The maximum Gasteiger partial charge on any atom is 0.250 e. The van der Waals surface area contributed by atoms with Gasteiger partial charge < -0.3 is 26.6 Å². The Morgan fingerprint density at radius 1 is 1.41 bits per heavy atom. The lowest BCUT2D eigenvalue weighted by Crippen LogP contribution is -2.25. The normalized spacial score (nSPS) is 11.8. The fourth-order valence-electron chi connectivity index (χ4n) is 1.84. The number of hydrogen-bond acceptors (Lipinski definition) is 5. The molecule has 0 saturated carbocycles. The molecule has 7 nitrogen and oxygen atoms in total. The predicted octanol–water partition coefficient (Wildman–Crippen LogP) is 0.0535. The van der Waals surface area contributed by atoms with Crippen molar-refractivity contribution in [2.75, 3.05) is 25.5 Å². The molecule has 0 bridgehead atoms. The Labute approximate surface area is 129 Å². The molecule has 0 radical (unpaired) electrons. The van der Waals surface area contributed by atoms with E-state index in [1.165, 1.54) is 6.07 Å². The number of carbonyl (C=O) groups excluding carboxylic acids is 2. The summed E-state index contributed by atoms with van der Waals surface area (Å²) in [5.74, 6) is -0.551. The summed E-state index contributed by atoms with van der Waals surface area (Å²) in [6, 6.07) is 3.06. The van der Waals surface area contributed by atoms with Gasteiger partial charge >= 0.3 is 0 Å². The van der Waals surface area contributed by atoms with Crippen LogP contribution < -0.4 is 21.5 Å². The number of primary amides is 1. The van der Waals surface area contributed by atoms with Crippen LogP contribution in [0.4, 0.5) is 5.69 Å². The zero-order valence-corrected chi connectivity index (χ0v) is 12.9. The number of anilines is 1. The van der Waals surface area contributed by atoms with Crippen LogP contribution in [0, 0.1) is 5.92 Å². The quantitative estimate of drug-likeness (QED) is 0.505. The lowest BCUT2D eigenvalue weighted by Gasteiger charge is -2.15. The highest BCUT2D eigenvalue weighted by Gasteiger charge is 2.16.